The van der Waals surface area contributed by atoms with Gasteiger partial charge in [0.2, 0.25) is 0 Å². The van der Waals surface area contributed by atoms with E-state index in [9.17, 15) is 9.90 Å². The Kier molecular flexibility index (Phi) is 6.98. The van der Waals surface area contributed by atoms with Crippen molar-refractivity contribution in [3.05, 3.63) is 12.2 Å². The van der Waals surface area contributed by atoms with Crippen LogP contribution in [0, 0.1) is 11.8 Å². The van der Waals surface area contributed by atoms with Gasteiger partial charge in [0.1, 0.15) is 6.79 Å². The molecule has 18 heavy (non-hydrogen) atoms. The molecule has 0 amide bonds. The van der Waals surface area contributed by atoms with Gasteiger partial charge in [-0.25, -0.2) is 0 Å². The van der Waals surface area contributed by atoms with Gasteiger partial charge in [-0.2, -0.15) is 0 Å². The van der Waals surface area contributed by atoms with E-state index in [0.29, 0.717) is 0 Å². The van der Waals surface area contributed by atoms with E-state index >= 15 is 0 Å². The van der Waals surface area contributed by atoms with Gasteiger partial charge in [0.15, 0.2) is 0 Å². The first kappa shape index (κ1) is 15.2. The number of hydrogen-bond acceptors (Lipinski definition) is 3. The summed E-state index contributed by atoms with van der Waals surface area (Å²) in [6.45, 7) is 2.01. The number of methoxy groups -OCH3 is 1. The van der Waals surface area contributed by atoms with Crippen LogP contribution in [-0.2, 0) is 14.3 Å². The Labute approximate surface area is 109 Å². The summed E-state index contributed by atoms with van der Waals surface area (Å²) in [5.41, 5.74) is 0. The van der Waals surface area contributed by atoms with E-state index in [2.05, 4.69) is 0 Å². The van der Waals surface area contributed by atoms with Crippen LogP contribution in [0.5, 0.6) is 0 Å². The van der Waals surface area contributed by atoms with E-state index in [1.807, 2.05) is 19.1 Å². The van der Waals surface area contributed by atoms with Gasteiger partial charge in [0.05, 0.1) is 12.0 Å². The third-order valence-electron chi connectivity index (χ3n) is 3.56. The van der Waals surface area contributed by atoms with Crippen LogP contribution in [0.1, 0.15) is 39.0 Å². The Morgan fingerprint density at radius 2 is 2.06 bits per heavy atom. The monoisotopic (exact) mass is 256 g/mol. The minimum atomic E-state index is -0.763. The summed E-state index contributed by atoms with van der Waals surface area (Å²) < 4.78 is 10.4. The van der Waals surface area contributed by atoms with E-state index < -0.39 is 18.0 Å². The first-order valence-corrected chi connectivity index (χ1v) is 6.66. The number of carboxylic acids is 1. The molecule has 1 N–H and O–H groups in total. The maximum atomic E-state index is 11.5. The fraction of sp³-hybridized carbons (Fsp3) is 0.786. The molecule has 0 radical (unpaired) electrons. The van der Waals surface area contributed by atoms with Crippen molar-refractivity contribution in [3.8, 4) is 0 Å². The Hall–Kier alpha value is -0.870. The maximum absolute atomic E-state index is 11.5. The minimum absolute atomic E-state index is 0.130. The third kappa shape index (κ3) is 4.42. The van der Waals surface area contributed by atoms with Gasteiger partial charge in [-0.1, -0.05) is 31.4 Å². The molecule has 1 saturated carbocycles. The molecule has 1 aliphatic rings. The molecule has 0 aromatic heterocycles. The van der Waals surface area contributed by atoms with Crippen molar-refractivity contribution in [3.63, 3.8) is 0 Å². The van der Waals surface area contributed by atoms with Gasteiger partial charge in [0.25, 0.3) is 0 Å². The SMILES string of the molecule is C/C=C/C(OCOC)C(C(=O)O)C1CCCCC1. The van der Waals surface area contributed by atoms with Crippen molar-refractivity contribution < 1.29 is 19.4 Å². The molecule has 1 fully saturated rings. The second-order valence-corrected chi connectivity index (χ2v) is 4.83. The summed E-state index contributed by atoms with van der Waals surface area (Å²) in [5.74, 6) is -1.01. The van der Waals surface area contributed by atoms with E-state index in [1.165, 1.54) is 6.42 Å². The Morgan fingerprint density at radius 3 is 2.56 bits per heavy atom. The van der Waals surface area contributed by atoms with Gasteiger partial charge in [-0.05, 0) is 25.7 Å². The number of aliphatic carboxylic acids is 1. The molecule has 0 heterocycles. The lowest BCUT2D eigenvalue weighted by Gasteiger charge is -2.31. The van der Waals surface area contributed by atoms with E-state index in [1.54, 1.807) is 7.11 Å². The zero-order chi connectivity index (χ0) is 13.4. The van der Waals surface area contributed by atoms with Crippen molar-refractivity contribution in [2.75, 3.05) is 13.9 Å². The van der Waals surface area contributed by atoms with Gasteiger partial charge in [0, 0.05) is 7.11 Å². The lowest BCUT2D eigenvalue weighted by molar-refractivity contribution is -0.154. The second kappa shape index (κ2) is 8.27. The predicted molar refractivity (Wildman–Crippen MR) is 69.3 cm³/mol. The first-order chi connectivity index (χ1) is 8.70. The van der Waals surface area contributed by atoms with Crippen LogP contribution in [0.3, 0.4) is 0 Å². The zero-order valence-electron chi connectivity index (χ0n) is 11.3. The molecule has 0 aromatic rings. The van der Waals surface area contributed by atoms with Crippen molar-refractivity contribution in [2.45, 2.75) is 45.1 Å². The summed E-state index contributed by atoms with van der Waals surface area (Å²) in [5, 5.41) is 9.47. The van der Waals surface area contributed by atoms with Gasteiger partial charge in [-0.15, -0.1) is 0 Å². The van der Waals surface area contributed by atoms with Crippen molar-refractivity contribution in [2.24, 2.45) is 11.8 Å². The second-order valence-electron chi connectivity index (χ2n) is 4.83. The number of rotatable bonds is 7. The topological polar surface area (TPSA) is 55.8 Å². The van der Waals surface area contributed by atoms with E-state index in [-0.39, 0.29) is 12.7 Å². The summed E-state index contributed by atoms with van der Waals surface area (Å²) in [4.78, 5) is 11.5. The summed E-state index contributed by atoms with van der Waals surface area (Å²) in [6, 6.07) is 0. The highest BCUT2D eigenvalue weighted by Crippen LogP contribution is 2.33. The first-order valence-electron chi connectivity index (χ1n) is 6.66. The van der Waals surface area contributed by atoms with Crippen LogP contribution in [0.4, 0.5) is 0 Å². The molecule has 2 unspecified atom stereocenters. The number of allylic oxidation sites excluding steroid dienone is 1. The van der Waals surface area contributed by atoms with Crippen LogP contribution >= 0.6 is 0 Å². The molecule has 0 saturated heterocycles. The van der Waals surface area contributed by atoms with Crippen LogP contribution < -0.4 is 0 Å². The van der Waals surface area contributed by atoms with Crippen LogP contribution in [0.25, 0.3) is 0 Å². The zero-order valence-corrected chi connectivity index (χ0v) is 11.3. The number of ether oxygens (including phenoxy) is 2. The Bertz CT molecular complexity index is 269. The summed E-state index contributed by atoms with van der Waals surface area (Å²) in [6.07, 6.45) is 8.72. The quantitative estimate of drug-likeness (QED) is 0.562. The molecule has 0 aromatic carbocycles. The average molecular weight is 256 g/mol. The summed E-state index contributed by atoms with van der Waals surface area (Å²) >= 11 is 0. The van der Waals surface area contributed by atoms with E-state index in [4.69, 9.17) is 9.47 Å². The highest BCUT2D eigenvalue weighted by atomic mass is 16.7. The highest BCUT2D eigenvalue weighted by molar-refractivity contribution is 5.71. The van der Waals surface area contributed by atoms with Gasteiger partial charge >= 0.3 is 5.97 Å². The van der Waals surface area contributed by atoms with Crippen molar-refractivity contribution in [1.82, 2.24) is 0 Å². The molecule has 0 spiro atoms. The lowest BCUT2D eigenvalue weighted by atomic mass is 9.77. The highest BCUT2D eigenvalue weighted by Gasteiger charge is 2.35. The number of carbonyl (C=O) groups is 1. The fourth-order valence-corrected chi connectivity index (χ4v) is 2.72. The Morgan fingerprint density at radius 1 is 1.39 bits per heavy atom. The Balaban J connectivity index is 2.74. The van der Waals surface area contributed by atoms with Crippen LogP contribution in [0.2, 0.25) is 0 Å². The summed E-state index contributed by atoms with van der Waals surface area (Å²) in [7, 11) is 1.54. The van der Waals surface area contributed by atoms with Gasteiger partial charge in [-0.3, -0.25) is 4.79 Å². The van der Waals surface area contributed by atoms with Crippen LogP contribution in [0.15, 0.2) is 12.2 Å². The molecule has 4 heteroatoms. The molecular formula is C14H24O4. The molecule has 0 bridgehead atoms. The number of carboxylic acid groups (broad SMARTS) is 1. The fourth-order valence-electron chi connectivity index (χ4n) is 2.72. The third-order valence-corrected chi connectivity index (χ3v) is 3.56. The normalized spacial score (nSPS) is 21.0. The molecule has 104 valence electrons. The smallest absolute Gasteiger partial charge is 0.309 e. The molecule has 0 aliphatic heterocycles. The number of hydrogen-bond donors (Lipinski definition) is 1. The standard InChI is InChI=1S/C14H24O4/c1-3-7-12(18-10-17-2)13(14(15)16)11-8-5-4-6-9-11/h3,7,11-13H,4-6,8-10H2,1-2H3,(H,15,16)/b7-3+. The maximum Gasteiger partial charge on any atom is 0.309 e. The lowest BCUT2D eigenvalue weighted by Crippen LogP contribution is -2.36. The van der Waals surface area contributed by atoms with Gasteiger partial charge < -0.3 is 14.6 Å². The predicted octanol–water partition coefficient (Wildman–Crippen LogP) is 2.83. The van der Waals surface area contributed by atoms with Crippen molar-refractivity contribution >= 4 is 5.97 Å². The van der Waals surface area contributed by atoms with Crippen LogP contribution in [-0.4, -0.2) is 31.1 Å². The minimum Gasteiger partial charge on any atom is -0.481 e. The molecule has 2 atom stereocenters. The van der Waals surface area contributed by atoms with E-state index in [0.717, 1.165) is 25.7 Å². The average Bonchev–Trinajstić information content (AvgIpc) is 2.37. The van der Waals surface area contributed by atoms with Crippen molar-refractivity contribution in [1.29, 1.82) is 0 Å². The molecular weight excluding hydrogens is 232 g/mol. The largest absolute Gasteiger partial charge is 0.481 e. The molecule has 1 aliphatic carbocycles. The molecule has 4 nitrogen and oxygen atoms in total. The molecule has 1 rings (SSSR count).